The highest BCUT2D eigenvalue weighted by atomic mass is 32.3. The van der Waals surface area contributed by atoms with Crippen LogP contribution in [0.1, 0.15) is 0 Å². The summed E-state index contributed by atoms with van der Waals surface area (Å²) in [6, 6.07) is -1.10. The topological polar surface area (TPSA) is 160 Å². The van der Waals surface area contributed by atoms with Crippen LogP contribution in [0.15, 0.2) is 0 Å². The number of ether oxygens (including phenoxy) is 1. The van der Waals surface area contributed by atoms with E-state index in [1.807, 2.05) is 0 Å². The third kappa shape index (κ3) is 3.82. The van der Waals surface area contributed by atoms with E-state index in [0.29, 0.717) is 0 Å². The van der Waals surface area contributed by atoms with E-state index in [1.165, 1.54) is 0 Å². The molecule has 1 fully saturated rings. The first kappa shape index (κ1) is 14.7. The number of rotatable bonds is 4. The van der Waals surface area contributed by atoms with Gasteiger partial charge in [0.25, 0.3) is 0 Å². The van der Waals surface area contributed by atoms with Gasteiger partial charge in [0.15, 0.2) is 0 Å². The Hall–Kier alpha value is -0.330. The number of aliphatic hydroxyl groups excluding tert-OH is 3. The summed E-state index contributed by atoms with van der Waals surface area (Å²) in [6.07, 6.45) is -4.94. The quantitative estimate of drug-likeness (QED) is 0.329. The minimum atomic E-state index is -4.64. The van der Waals surface area contributed by atoms with Gasteiger partial charge >= 0.3 is 10.4 Å². The van der Waals surface area contributed by atoms with Crippen molar-refractivity contribution in [3.63, 3.8) is 0 Å². The standard InChI is InChI=1S/C7H15NO8S/c8-5-4(2-15-17(12,13)14)16-3(1-9)6(10)7(5)11/h3-7,9-11H,1-2,8H2,(H,12,13,14)/t3?,4-,5?,6+,7?/m0/s1. The summed E-state index contributed by atoms with van der Waals surface area (Å²) in [6.45, 7) is -1.20. The molecule has 1 rings (SSSR count). The van der Waals surface area contributed by atoms with Gasteiger partial charge in [0.05, 0.1) is 19.3 Å². The molecule has 0 saturated carbocycles. The molecule has 0 aromatic rings. The van der Waals surface area contributed by atoms with Crippen LogP contribution in [-0.2, 0) is 19.3 Å². The lowest BCUT2D eigenvalue weighted by Gasteiger charge is -2.40. The van der Waals surface area contributed by atoms with Gasteiger partial charge in [-0.15, -0.1) is 0 Å². The SMILES string of the molecule is NC1C(O)[C@H](O)C(CO)O[C@H]1COS(=O)(=O)O. The lowest BCUT2D eigenvalue weighted by Crippen LogP contribution is -2.63. The van der Waals surface area contributed by atoms with Gasteiger partial charge in [0.1, 0.15) is 24.4 Å². The van der Waals surface area contributed by atoms with Crippen LogP contribution in [0.3, 0.4) is 0 Å². The maximum Gasteiger partial charge on any atom is 0.397 e. The van der Waals surface area contributed by atoms with Crippen LogP contribution in [-0.4, -0.2) is 72.0 Å². The Morgan fingerprint density at radius 2 is 1.82 bits per heavy atom. The molecule has 9 nitrogen and oxygen atoms in total. The molecular weight excluding hydrogens is 258 g/mol. The van der Waals surface area contributed by atoms with E-state index < -0.39 is 54.1 Å². The molecule has 6 N–H and O–H groups in total. The van der Waals surface area contributed by atoms with Gasteiger partial charge in [-0.1, -0.05) is 0 Å². The van der Waals surface area contributed by atoms with Gasteiger partial charge in [0, 0.05) is 0 Å². The van der Waals surface area contributed by atoms with Gasteiger partial charge in [0.2, 0.25) is 0 Å². The molecule has 0 radical (unpaired) electrons. The minimum Gasteiger partial charge on any atom is -0.394 e. The molecule has 17 heavy (non-hydrogen) atoms. The summed E-state index contributed by atoms with van der Waals surface area (Å²) in [5.41, 5.74) is 5.49. The lowest BCUT2D eigenvalue weighted by atomic mass is 9.94. The Bertz CT molecular complexity index is 344. The fourth-order valence-corrected chi connectivity index (χ4v) is 1.82. The number of hydrogen-bond acceptors (Lipinski definition) is 8. The van der Waals surface area contributed by atoms with E-state index in [-0.39, 0.29) is 0 Å². The molecule has 1 aliphatic heterocycles. The van der Waals surface area contributed by atoms with Crippen LogP contribution in [0, 0.1) is 0 Å². The molecule has 10 heteroatoms. The van der Waals surface area contributed by atoms with E-state index in [9.17, 15) is 18.6 Å². The first-order chi connectivity index (χ1) is 7.76. The summed E-state index contributed by atoms with van der Waals surface area (Å²) in [4.78, 5) is 0. The Labute approximate surface area is 97.7 Å². The maximum absolute atomic E-state index is 10.4. The first-order valence-electron chi connectivity index (χ1n) is 4.76. The maximum atomic E-state index is 10.4. The third-order valence-electron chi connectivity index (χ3n) is 2.47. The smallest absolute Gasteiger partial charge is 0.394 e. The molecule has 0 spiro atoms. The zero-order valence-corrected chi connectivity index (χ0v) is 9.52. The predicted octanol–water partition coefficient (Wildman–Crippen LogP) is -3.39. The van der Waals surface area contributed by atoms with Gasteiger partial charge in [-0.05, 0) is 0 Å². The third-order valence-corrected chi connectivity index (χ3v) is 2.90. The zero-order valence-electron chi connectivity index (χ0n) is 8.71. The monoisotopic (exact) mass is 273 g/mol. The van der Waals surface area contributed by atoms with Crippen LogP contribution >= 0.6 is 0 Å². The van der Waals surface area contributed by atoms with E-state index in [0.717, 1.165) is 0 Å². The largest absolute Gasteiger partial charge is 0.397 e. The van der Waals surface area contributed by atoms with Crippen LogP contribution in [0.5, 0.6) is 0 Å². The van der Waals surface area contributed by atoms with Gasteiger partial charge in [-0.25, -0.2) is 4.18 Å². The highest BCUT2D eigenvalue weighted by Gasteiger charge is 2.42. The molecule has 3 unspecified atom stereocenters. The summed E-state index contributed by atoms with van der Waals surface area (Å²) >= 11 is 0. The molecule has 0 aliphatic carbocycles. The van der Waals surface area contributed by atoms with Crippen molar-refractivity contribution in [1.29, 1.82) is 0 Å². The van der Waals surface area contributed by atoms with Crippen LogP contribution in [0.25, 0.3) is 0 Å². The van der Waals surface area contributed by atoms with Crippen molar-refractivity contribution < 1.29 is 37.2 Å². The molecule has 1 aliphatic rings. The van der Waals surface area contributed by atoms with E-state index in [4.69, 9.17) is 20.1 Å². The van der Waals surface area contributed by atoms with Gasteiger partial charge < -0.3 is 25.8 Å². The van der Waals surface area contributed by atoms with Crippen LogP contribution < -0.4 is 5.73 Å². The predicted molar refractivity (Wildman–Crippen MR) is 53.2 cm³/mol. The average molecular weight is 273 g/mol. The highest BCUT2D eigenvalue weighted by molar-refractivity contribution is 7.80. The Balaban J connectivity index is 2.66. The molecule has 0 aromatic heterocycles. The summed E-state index contributed by atoms with van der Waals surface area (Å²) in [5.74, 6) is 0. The Kier molecular flexibility index (Phi) is 4.80. The minimum absolute atomic E-state index is 0.576. The van der Waals surface area contributed by atoms with E-state index in [2.05, 4.69) is 4.18 Å². The molecule has 1 saturated heterocycles. The second-order valence-corrected chi connectivity index (χ2v) is 4.76. The van der Waals surface area contributed by atoms with Gasteiger partial charge in [-0.3, -0.25) is 4.55 Å². The second-order valence-electron chi connectivity index (χ2n) is 3.67. The van der Waals surface area contributed by atoms with E-state index in [1.54, 1.807) is 0 Å². The van der Waals surface area contributed by atoms with Crippen LogP contribution in [0.2, 0.25) is 0 Å². The average Bonchev–Trinajstić information content (AvgIpc) is 2.24. The Morgan fingerprint density at radius 3 is 2.29 bits per heavy atom. The molecule has 0 bridgehead atoms. The number of aliphatic hydroxyl groups is 3. The molecule has 0 aromatic carbocycles. The summed E-state index contributed by atoms with van der Waals surface area (Å²) in [7, 11) is -4.64. The van der Waals surface area contributed by atoms with Crippen molar-refractivity contribution in [3.8, 4) is 0 Å². The summed E-state index contributed by atoms with van der Waals surface area (Å²) in [5, 5.41) is 27.8. The zero-order chi connectivity index (χ0) is 13.2. The van der Waals surface area contributed by atoms with Crippen molar-refractivity contribution in [1.82, 2.24) is 0 Å². The number of hydrogen-bond donors (Lipinski definition) is 5. The Morgan fingerprint density at radius 1 is 1.24 bits per heavy atom. The van der Waals surface area contributed by atoms with Gasteiger partial charge in [-0.2, -0.15) is 8.42 Å². The normalized spacial score (nSPS) is 39.2. The molecule has 5 atom stereocenters. The van der Waals surface area contributed by atoms with Crippen molar-refractivity contribution in [3.05, 3.63) is 0 Å². The molecule has 0 amide bonds. The lowest BCUT2D eigenvalue weighted by molar-refractivity contribution is -0.194. The van der Waals surface area contributed by atoms with E-state index >= 15 is 0 Å². The van der Waals surface area contributed by atoms with Crippen molar-refractivity contribution >= 4 is 10.4 Å². The molecular formula is C7H15NO8S. The van der Waals surface area contributed by atoms with Crippen molar-refractivity contribution in [2.75, 3.05) is 13.2 Å². The fourth-order valence-electron chi connectivity index (χ4n) is 1.52. The number of nitrogens with two attached hydrogens (primary N) is 1. The highest BCUT2D eigenvalue weighted by Crippen LogP contribution is 2.20. The second kappa shape index (κ2) is 5.54. The van der Waals surface area contributed by atoms with Crippen molar-refractivity contribution in [2.24, 2.45) is 5.73 Å². The molecule has 102 valence electrons. The van der Waals surface area contributed by atoms with Crippen molar-refractivity contribution in [2.45, 2.75) is 30.5 Å². The fraction of sp³-hybridized carbons (Fsp3) is 1.00. The summed E-state index contributed by atoms with van der Waals surface area (Å²) < 4.78 is 38.2. The first-order valence-corrected chi connectivity index (χ1v) is 6.12. The molecule has 1 heterocycles. The van der Waals surface area contributed by atoms with Crippen LogP contribution in [0.4, 0.5) is 0 Å².